The van der Waals surface area contributed by atoms with Crippen LogP contribution in [0, 0.1) is 11.3 Å². The SMILES string of the molecule is CCOC(=O)C1=C(CN2C(=O)NC(C)(c3cccc(C#N)c3)C2=O)NC(=O)NC1c1ccco1. The van der Waals surface area contributed by atoms with E-state index in [4.69, 9.17) is 9.15 Å². The minimum Gasteiger partial charge on any atom is -0.467 e. The molecule has 34 heavy (non-hydrogen) atoms. The molecule has 1 saturated heterocycles. The third kappa shape index (κ3) is 3.86. The van der Waals surface area contributed by atoms with Crippen molar-refractivity contribution in [1.29, 1.82) is 5.26 Å². The molecule has 2 aromatic rings. The Morgan fingerprint density at radius 2 is 2.06 bits per heavy atom. The van der Waals surface area contributed by atoms with E-state index in [1.807, 2.05) is 6.07 Å². The molecule has 11 nitrogen and oxygen atoms in total. The second-order valence-electron chi connectivity index (χ2n) is 7.80. The van der Waals surface area contributed by atoms with E-state index in [0.29, 0.717) is 11.1 Å². The molecule has 11 heteroatoms. The molecule has 2 aliphatic rings. The van der Waals surface area contributed by atoms with Gasteiger partial charge < -0.3 is 25.1 Å². The third-order valence-corrected chi connectivity index (χ3v) is 5.64. The Morgan fingerprint density at radius 1 is 1.26 bits per heavy atom. The number of furan rings is 1. The smallest absolute Gasteiger partial charge is 0.338 e. The largest absolute Gasteiger partial charge is 0.467 e. The Balaban J connectivity index is 1.72. The van der Waals surface area contributed by atoms with E-state index in [1.54, 1.807) is 37.3 Å². The molecule has 0 aliphatic carbocycles. The first-order valence-electron chi connectivity index (χ1n) is 10.4. The topological polar surface area (TPSA) is 154 Å². The molecule has 1 aromatic heterocycles. The summed E-state index contributed by atoms with van der Waals surface area (Å²) in [6.45, 7) is 2.84. The first-order chi connectivity index (χ1) is 16.3. The Labute approximate surface area is 194 Å². The number of benzene rings is 1. The minimum absolute atomic E-state index is 0.0112. The summed E-state index contributed by atoms with van der Waals surface area (Å²) in [5.41, 5.74) is -0.640. The highest BCUT2D eigenvalue weighted by Gasteiger charge is 2.50. The lowest BCUT2D eigenvalue weighted by Crippen LogP contribution is -2.49. The minimum atomic E-state index is -1.44. The summed E-state index contributed by atoms with van der Waals surface area (Å²) in [6, 6.07) is 9.21. The predicted octanol–water partition coefficient (Wildman–Crippen LogP) is 1.79. The lowest BCUT2D eigenvalue weighted by atomic mass is 9.91. The number of imide groups is 1. The predicted molar refractivity (Wildman–Crippen MR) is 116 cm³/mol. The summed E-state index contributed by atoms with van der Waals surface area (Å²) in [4.78, 5) is 52.3. The molecule has 3 N–H and O–H groups in total. The molecular formula is C23H21N5O6. The van der Waals surface area contributed by atoms with Gasteiger partial charge in [-0.2, -0.15) is 5.26 Å². The number of hydrogen-bond donors (Lipinski definition) is 3. The zero-order valence-electron chi connectivity index (χ0n) is 18.4. The van der Waals surface area contributed by atoms with Crippen LogP contribution in [0.15, 0.2) is 58.3 Å². The molecule has 1 aromatic carbocycles. The van der Waals surface area contributed by atoms with Crippen molar-refractivity contribution in [3.63, 3.8) is 0 Å². The average Bonchev–Trinajstić information content (AvgIpc) is 3.43. The zero-order valence-corrected chi connectivity index (χ0v) is 18.4. The van der Waals surface area contributed by atoms with Crippen molar-refractivity contribution in [2.45, 2.75) is 25.4 Å². The van der Waals surface area contributed by atoms with E-state index in [1.165, 1.54) is 19.3 Å². The second-order valence-corrected chi connectivity index (χ2v) is 7.80. The van der Waals surface area contributed by atoms with Crippen LogP contribution in [-0.2, 0) is 19.9 Å². The van der Waals surface area contributed by atoms with E-state index in [-0.39, 0.29) is 23.6 Å². The highest BCUT2D eigenvalue weighted by molar-refractivity contribution is 6.07. The van der Waals surface area contributed by atoms with Crippen LogP contribution in [-0.4, -0.2) is 42.0 Å². The number of nitrogens with one attached hydrogen (secondary N) is 3. The van der Waals surface area contributed by atoms with E-state index in [9.17, 15) is 24.4 Å². The van der Waals surface area contributed by atoms with Crippen molar-refractivity contribution in [3.05, 3.63) is 70.8 Å². The fraction of sp³-hybridized carbons (Fsp3) is 0.261. The molecule has 5 amide bonds. The molecule has 0 saturated carbocycles. The average molecular weight is 463 g/mol. The number of esters is 1. The van der Waals surface area contributed by atoms with Gasteiger partial charge in [0.2, 0.25) is 0 Å². The summed E-state index contributed by atoms with van der Waals surface area (Å²) < 4.78 is 10.5. The number of nitriles is 1. The van der Waals surface area contributed by atoms with Gasteiger partial charge in [-0.15, -0.1) is 0 Å². The zero-order chi connectivity index (χ0) is 24.5. The molecule has 2 unspecified atom stereocenters. The van der Waals surface area contributed by atoms with E-state index < -0.39 is 42.1 Å². The fourth-order valence-electron chi connectivity index (χ4n) is 3.96. The number of urea groups is 2. The number of nitrogens with zero attached hydrogens (tertiary/aromatic N) is 2. The molecule has 3 heterocycles. The summed E-state index contributed by atoms with van der Waals surface area (Å²) in [5.74, 6) is -1.06. The van der Waals surface area contributed by atoms with Gasteiger partial charge in [-0.25, -0.2) is 14.4 Å². The number of rotatable bonds is 6. The van der Waals surface area contributed by atoms with Crippen LogP contribution in [0.2, 0.25) is 0 Å². The Kier molecular flexibility index (Phi) is 5.81. The molecule has 2 atom stereocenters. The van der Waals surface area contributed by atoms with Crippen LogP contribution in [0.25, 0.3) is 0 Å². The monoisotopic (exact) mass is 463 g/mol. The first kappa shape index (κ1) is 22.6. The van der Waals surface area contributed by atoms with Gasteiger partial charge in [-0.3, -0.25) is 9.69 Å². The van der Waals surface area contributed by atoms with Gasteiger partial charge in [0.05, 0.1) is 42.3 Å². The van der Waals surface area contributed by atoms with Crippen molar-refractivity contribution in [2.75, 3.05) is 13.2 Å². The Morgan fingerprint density at radius 3 is 2.74 bits per heavy atom. The van der Waals surface area contributed by atoms with Gasteiger partial charge in [0.1, 0.15) is 17.3 Å². The van der Waals surface area contributed by atoms with Gasteiger partial charge in [0.25, 0.3) is 5.91 Å². The van der Waals surface area contributed by atoms with E-state index >= 15 is 0 Å². The third-order valence-electron chi connectivity index (χ3n) is 5.64. The van der Waals surface area contributed by atoms with Crippen molar-refractivity contribution in [2.24, 2.45) is 0 Å². The lowest BCUT2D eigenvalue weighted by Gasteiger charge is -2.29. The highest BCUT2D eigenvalue weighted by Crippen LogP contribution is 2.32. The van der Waals surface area contributed by atoms with Gasteiger partial charge in [0, 0.05) is 0 Å². The number of amides is 5. The summed E-state index contributed by atoms with van der Waals surface area (Å²) in [7, 11) is 0. The second kappa shape index (κ2) is 8.74. The summed E-state index contributed by atoms with van der Waals surface area (Å²) >= 11 is 0. The standard InChI is InChI=1S/C23H21N5O6/c1-3-33-19(29)17-15(25-21(31)26-18(17)16-8-5-9-34-16)12-28-20(30)23(2,27-22(28)32)14-7-4-6-13(10-14)11-24/h4-10,18H,3,12H2,1-2H3,(H,27,32)(H2,25,26,31). The first-order valence-corrected chi connectivity index (χ1v) is 10.4. The van der Waals surface area contributed by atoms with Gasteiger partial charge >= 0.3 is 18.0 Å². The molecule has 0 radical (unpaired) electrons. The summed E-state index contributed by atoms with van der Waals surface area (Å²) in [6.07, 6.45) is 1.39. The van der Waals surface area contributed by atoms with E-state index in [0.717, 1.165) is 4.90 Å². The van der Waals surface area contributed by atoms with Gasteiger partial charge in [-0.05, 0) is 43.7 Å². The quantitative estimate of drug-likeness (QED) is 0.436. The number of hydrogen-bond acceptors (Lipinski definition) is 7. The van der Waals surface area contributed by atoms with Crippen molar-refractivity contribution >= 4 is 23.9 Å². The van der Waals surface area contributed by atoms with Gasteiger partial charge in [0.15, 0.2) is 0 Å². The fourth-order valence-corrected chi connectivity index (χ4v) is 3.96. The van der Waals surface area contributed by atoms with Crippen LogP contribution in [0.1, 0.15) is 36.8 Å². The molecule has 0 spiro atoms. The van der Waals surface area contributed by atoms with Gasteiger partial charge in [-0.1, -0.05) is 12.1 Å². The molecule has 2 aliphatic heterocycles. The molecule has 1 fully saturated rings. The Hall–Kier alpha value is -4.59. The van der Waals surface area contributed by atoms with E-state index in [2.05, 4.69) is 16.0 Å². The molecule has 174 valence electrons. The summed E-state index contributed by atoms with van der Waals surface area (Å²) in [5, 5.41) is 17.0. The van der Waals surface area contributed by atoms with Crippen LogP contribution in [0.3, 0.4) is 0 Å². The Bertz CT molecular complexity index is 1240. The normalized spacial score (nSPS) is 22.1. The number of ether oxygens (including phenoxy) is 1. The van der Waals surface area contributed by atoms with Crippen molar-refractivity contribution in [1.82, 2.24) is 20.9 Å². The number of carbonyl (C=O) groups excluding carboxylic acids is 4. The van der Waals surface area contributed by atoms with Crippen molar-refractivity contribution in [3.8, 4) is 6.07 Å². The molecular weight excluding hydrogens is 442 g/mol. The van der Waals surface area contributed by atoms with Crippen LogP contribution < -0.4 is 16.0 Å². The van der Waals surface area contributed by atoms with Crippen LogP contribution in [0.4, 0.5) is 9.59 Å². The maximum absolute atomic E-state index is 13.4. The lowest BCUT2D eigenvalue weighted by molar-refractivity contribution is -0.139. The molecule has 0 bridgehead atoms. The highest BCUT2D eigenvalue weighted by atomic mass is 16.5. The van der Waals surface area contributed by atoms with Crippen LogP contribution in [0.5, 0.6) is 0 Å². The number of carbonyl (C=O) groups is 4. The maximum Gasteiger partial charge on any atom is 0.338 e. The molecule has 4 rings (SSSR count). The van der Waals surface area contributed by atoms with Crippen LogP contribution >= 0.6 is 0 Å². The maximum atomic E-state index is 13.4. The van der Waals surface area contributed by atoms with Crippen molar-refractivity contribution < 1.29 is 28.3 Å².